The summed E-state index contributed by atoms with van der Waals surface area (Å²) in [6, 6.07) is 4.97. The minimum absolute atomic E-state index is 0.00420. The average Bonchev–Trinajstić information content (AvgIpc) is 2.95. The van der Waals surface area contributed by atoms with Crippen molar-refractivity contribution in [2.75, 3.05) is 19.3 Å². The zero-order chi connectivity index (χ0) is 20.1. The summed E-state index contributed by atoms with van der Waals surface area (Å²) in [5.74, 6) is 0.585. The first-order valence-corrected chi connectivity index (χ1v) is 13.1. The molecule has 0 spiro atoms. The van der Waals surface area contributed by atoms with E-state index in [0.717, 1.165) is 56.5 Å². The highest BCUT2D eigenvalue weighted by atomic mass is 32.2. The topological polar surface area (TPSA) is 66.5 Å². The van der Waals surface area contributed by atoms with Crippen molar-refractivity contribution in [2.45, 2.75) is 74.1 Å². The monoisotopic (exact) mass is 424 g/mol. The molecule has 0 radical (unpaired) electrons. The molecule has 1 saturated heterocycles. The summed E-state index contributed by atoms with van der Waals surface area (Å²) in [4.78, 5) is 16.0. The lowest BCUT2D eigenvalue weighted by Crippen LogP contribution is -2.38. The maximum Gasteiger partial charge on any atom is 0.255 e. The molecule has 156 valence electrons. The number of amides is 1. The van der Waals surface area contributed by atoms with Gasteiger partial charge in [-0.3, -0.25) is 4.79 Å². The first kappa shape index (κ1) is 21.7. The molecule has 1 aliphatic heterocycles. The summed E-state index contributed by atoms with van der Waals surface area (Å²) < 4.78 is 28.8. The highest BCUT2D eigenvalue weighted by molar-refractivity contribution is 7.98. The van der Waals surface area contributed by atoms with Crippen LogP contribution in [0.1, 0.15) is 68.6 Å². The van der Waals surface area contributed by atoms with Crippen LogP contribution in [0, 0.1) is 5.92 Å². The second-order valence-electron chi connectivity index (χ2n) is 8.15. The largest absolute Gasteiger partial charge is 0.339 e. The average molecular weight is 425 g/mol. The van der Waals surface area contributed by atoms with Gasteiger partial charge in [-0.1, -0.05) is 32.6 Å². The van der Waals surface area contributed by atoms with E-state index in [1.165, 1.54) is 24.6 Å². The molecule has 1 heterocycles. The van der Waals surface area contributed by atoms with Crippen molar-refractivity contribution in [2.24, 2.45) is 5.92 Å². The summed E-state index contributed by atoms with van der Waals surface area (Å²) in [6.07, 6.45) is 10.2. The minimum Gasteiger partial charge on any atom is -0.339 e. The fourth-order valence-corrected chi connectivity index (χ4v) is 5.99. The lowest BCUT2D eigenvalue weighted by molar-refractivity contribution is 0.0693. The van der Waals surface area contributed by atoms with Crippen LogP contribution >= 0.6 is 11.8 Å². The summed E-state index contributed by atoms with van der Waals surface area (Å²) in [5.41, 5.74) is 0.505. The number of nitrogens with one attached hydrogen (secondary N) is 1. The second kappa shape index (κ2) is 9.63. The van der Waals surface area contributed by atoms with E-state index >= 15 is 0 Å². The molecule has 28 heavy (non-hydrogen) atoms. The lowest BCUT2D eigenvalue weighted by atomic mass is 9.98. The van der Waals surface area contributed by atoms with Crippen LogP contribution in [0.3, 0.4) is 0 Å². The molecular weight excluding hydrogens is 392 g/mol. The molecule has 2 aliphatic rings. The molecule has 3 rings (SSSR count). The van der Waals surface area contributed by atoms with Crippen LogP contribution < -0.4 is 4.72 Å². The van der Waals surface area contributed by atoms with Gasteiger partial charge in [0, 0.05) is 24.0 Å². The van der Waals surface area contributed by atoms with Gasteiger partial charge in [-0.05, 0) is 56.1 Å². The second-order valence-corrected chi connectivity index (χ2v) is 10.7. The van der Waals surface area contributed by atoms with Gasteiger partial charge in [-0.15, -0.1) is 11.8 Å². The highest BCUT2D eigenvalue weighted by Crippen LogP contribution is 2.27. The minimum atomic E-state index is -3.63. The Labute approximate surface area is 173 Å². The van der Waals surface area contributed by atoms with Crippen LogP contribution in [-0.4, -0.2) is 44.6 Å². The Morgan fingerprint density at radius 1 is 1.07 bits per heavy atom. The van der Waals surface area contributed by atoms with Crippen LogP contribution in [0.4, 0.5) is 0 Å². The Balaban J connectivity index is 1.82. The molecule has 0 aromatic heterocycles. The van der Waals surface area contributed by atoms with E-state index in [1.54, 1.807) is 18.2 Å². The standard InChI is InChI=1S/C21H32N2O3S2/c1-16-11-13-23(14-12-16)21(24)19-15-18(9-10-20(19)27-2)28(25,26)22-17-7-5-3-4-6-8-17/h9-10,15-17,22H,3-8,11-14H2,1-2H3. The van der Waals surface area contributed by atoms with Crippen LogP contribution in [0.5, 0.6) is 0 Å². The van der Waals surface area contributed by atoms with E-state index < -0.39 is 10.0 Å². The number of hydrogen-bond donors (Lipinski definition) is 1. The molecular formula is C21H32N2O3S2. The number of carbonyl (C=O) groups excluding carboxylic acids is 1. The third-order valence-corrected chi connectivity index (χ3v) is 8.27. The third kappa shape index (κ3) is 5.30. The Morgan fingerprint density at radius 2 is 1.71 bits per heavy atom. The number of nitrogens with zero attached hydrogens (tertiary/aromatic N) is 1. The molecule has 1 N–H and O–H groups in total. The maximum atomic E-state index is 13.1. The van der Waals surface area contributed by atoms with Crippen LogP contribution in [0.2, 0.25) is 0 Å². The molecule has 0 bridgehead atoms. The fraction of sp³-hybridized carbons (Fsp3) is 0.667. The molecule has 7 heteroatoms. The number of sulfonamides is 1. The van der Waals surface area contributed by atoms with Gasteiger partial charge in [-0.25, -0.2) is 13.1 Å². The quantitative estimate of drug-likeness (QED) is 0.566. The molecule has 1 amide bonds. The number of piperidine rings is 1. The highest BCUT2D eigenvalue weighted by Gasteiger charge is 2.26. The summed E-state index contributed by atoms with van der Waals surface area (Å²) in [7, 11) is -3.63. The molecule has 1 aromatic carbocycles. The number of benzene rings is 1. The zero-order valence-electron chi connectivity index (χ0n) is 16.9. The van der Waals surface area contributed by atoms with E-state index in [0.29, 0.717) is 11.5 Å². The van der Waals surface area contributed by atoms with Crippen molar-refractivity contribution in [1.82, 2.24) is 9.62 Å². The van der Waals surface area contributed by atoms with Crippen molar-refractivity contribution in [3.8, 4) is 0 Å². The van der Waals surface area contributed by atoms with Crippen LogP contribution in [0.15, 0.2) is 28.0 Å². The van der Waals surface area contributed by atoms with E-state index in [-0.39, 0.29) is 16.8 Å². The molecule has 5 nitrogen and oxygen atoms in total. The SMILES string of the molecule is CSc1ccc(S(=O)(=O)NC2CCCCCC2)cc1C(=O)N1CCC(C)CC1. The predicted octanol–water partition coefficient (Wildman–Crippen LogP) is 4.28. The molecule has 0 atom stereocenters. The van der Waals surface area contributed by atoms with Crippen molar-refractivity contribution in [3.05, 3.63) is 23.8 Å². The first-order valence-electron chi connectivity index (χ1n) is 10.4. The van der Waals surface area contributed by atoms with Gasteiger partial charge in [0.1, 0.15) is 0 Å². The van der Waals surface area contributed by atoms with E-state index in [9.17, 15) is 13.2 Å². The number of rotatable bonds is 5. The lowest BCUT2D eigenvalue weighted by Gasteiger charge is -2.31. The van der Waals surface area contributed by atoms with Gasteiger partial charge < -0.3 is 4.90 Å². The Hall–Kier alpha value is -1.05. The fourth-order valence-electron chi connectivity index (χ4n) is 4.09. The van der Waals surface area contributed by atoms with Gasteiger partial charge in [0.25, 0.3) is 5.91 Å². The Bertz CT molecular complexity index is 779. The first-order chi connectivity index (χ1) is 13.4. The van der Waals surface area contributed by atoms with E-state index in [4.69, 9.17) is 0 Å². The Morgan fingerprint density at radius 3 is 2.32 bits per heavy atom. The molecule has 2 fully saturated rings. The smallest absolute Gasteiger partial charge is 0.255 e. The van der Waals surface area contributed by atoms with Crippen molar-refractivity contribution >= 4 is 27.7 Å². The number of hydrogen-bond acceptors (Lipinski definition) is 4. The van der Waals surface area contributed by atoms with Crippen LogP contribution in [-0.2, 0) is 10.0 Å². The van der Waals surface area contributed by atoms with Crippen LogP contribution in [0.25, 0.3) is 0 Å². The molecule has 1 aromatic rings. The molecule has 1 aliphatic carbocycles. The number of carbonyl (C=O) groups is 1. The summed E-state index contributed by atoms with van der Waals surface area (Å²) in [5, 5.41) is 0. The van der Waals surface area contributed by atoms with Crippen molar-refractivity contribution in [3.63, 3.8) is 0 Å². The Kier molecular flexibility index (Phi) is 7.45. The maximum absolute atomic E-state index is 13.1. The van der Waals surface area contributed by atoms with E-state index in [2.05, 4.69) is 11.6 Å². The van der Waals surface area contributed by atoms with Gasteiger partial charge in [0.05, 0.1) is 10.5 Å². The van der Waals surface area contributed by atoms with Gasteiger partial charge in [0.2, 0.25) is 10.0 Å². The number of thioether (sulfide) groups is 1. The van der Waals surface area contributed by atoms with Crippen molar-refractivity contribution < 1.29 is 13.2 Å². The number of likely N-dealkylation sites (tertiary alicyclic amines) is 1. The van der Waals surface area contributed by atoms with E-state index in [1.807, 2.05) is 11.2 Å². The predicted molar refractivity (Wildman–Crippen MR) is 114 cm³/mol. The molecule has 1 saturated carbocycles. The molecule has 0 unspecified atom stereocenters. The normalized spacial score (nSPS) is 20.1. The van der Waals surface area contributed by atoms with Crippen molar-refractivity contribution in [1.29, 1.82) is 0 Å². The zero-order valence-corrected chi connectivity index (χ0v) is 18.6. The summed E-state index contributed by atoms with van der Waals surface area (Å²) >= 11 is 1.48. The third-order valence-electron chi connectivity index (χ3n) is 5.96. The van der Waals surface area contributed by atoms with Gasteiger partial charge in [-0.2, -0.15) is 0 Å². The summed E-state index contributed by atoms with van der Waals surface area (Å²) in [6.45, 7) is 3.69. The van der Waals surface area contributed by atoms with Gasteiger partial charge in [0.15, 0.2) is 0 Å². The van der Waals surface area contributed by atoms with Gasteiger partial charge >= 0.3 is 0 Å².